The Labute approximate surface area is 65.0 Å². The Hall–Kier alpha value is -0.440. The van der Waals surface area contributed by atoms with Crippen LogP contribution in [0.2, 0.25) is 0 Å². The molecule has 0 radical (unpaired) electrons. The van der Waals surface area contributed by atoms with Crippen LogP contribution in [0, 0.1) is 0 Å². The summed E-state index contributed by atoms with van der Waals surface area (Å²) in [5, 5.41) is 0.791. The topological polar surface area (TPSA) is 26.0 Å². The molecule has 0 aliphatic heterocycles. The number of aromatic nitrogens is 1. The Morgan fingerprint density at radius 3 is 2.90 bits per heavy atom. The highest BCUT2D eigenvalue weighted by atomic mass is 32.2. The SMILES string of the molecule is CCSc1nc(CC)co1. The highest BCUT2D eigenvalue weighted by Gasteiger charge is 1.99. The van der Waals surface area contributed by atoms with Gasteiger partial charge in [-0.05, 0) is 12.2 Å². The zero-order chi connectivity index (χ0) is 7.40. The molecule has 0 fully saturated rings. The molecule has 0 unspecified atom stereocenters. The van der Waals surface area contributed by atoms with Crippen molar-refractivity contribution in [1.82, 2.24) is 4.98 Å². The van der Waals surface area contributed by atoms with Gasteiger partial charge in [0.2, 0.25) is 0 Å². The van der Waals surface area contributed by atoms with Crippen molar-refractivity contribution in [3.8, 4) is 0 Å². The molecule has 3 heteroatoms. The van der Waals surface area contributed by atoms with E-state index in [0.717, 1.165) is 23.1 Å². The van der Waals surface area contributed by atoms with Crippen molar-refractivity contribution < 1.29 is 4.42 Å². The van der Waals surface area contributed by atoms with Crippen molar-refractivity contribution in [3.63, 3.8) is 0 Å². The highest BCUT2D eigenvalue weighted by molar-refractivity contribution is 7.99. The second kappa shape index (κ2) is 3.66. The summed E-state index contributed by atoms with van der Waals surface area (Å²) >= 11 is 1.63. The zero-order valence-corrected chi connectivity index (χ0v) is 7.07. The van der Waals surface area contributed by atoms with Gasteiger partial charge in [0.05, 0.1) is 5.69 Å². The molecule has 0 bridgehead atoms. The number of nitrogens with zero attached hydrogens (tertiary/aromatic N) is 1. The van der Waals surface area contributed by atoms with E-state index >= 15 is 0 Å². The van der Waals surface area contributed by atoms with Crippen molar-refractivity contribution in [2.24, 2.45) is 0 Å². The first-order chi connectivity index (χ1) is 4.86. The van der Waals surface area contributed by atoms with Gasteiger partial charge in [0.15, 0.2) is 0 Å². The van der Waals surface area contributed by atoms with E-state index in [1.165, 1.54) is 0 Å². The van der Waals surface area contributed by atoms with Crippen LogP contribution in [0.5, 0.6) is 0 Å². The lowest BCUT2D eigenvalue weighted by Gasteiger charge is -1.85. The first-order valence-electron chi connectivity index (χ1n) is 3.44. The average Bonchev–Trinajstić information content (AvgIpc) is 2.37. The summed E-state index contributed by atoms with van der Waals surface area (Å²) in [6.07, 6.45) is 2.67. The summed E-state index contributed by atoms with van der Waals surface area (Å²) in [7, 11) is 0. The van der Waals surface area contributed by atoms with Crippen molar-refractivity contribution in [2.45, 2.75) is 25.5 Å². The van der Waals surface area contributed by atoms with Crippen LogP contribution >= 0.6 is 11.8 Å². The fourth-order valence-electron chi connectivity index (χ4n) is 0.641. The van der Waals surface area contributed by atoms with Crippen molar-refractivity contribution in [1.29, 1.82) is 0 Å². The van der Waals surface area contributed by atoms with E-state index in [1.807, 2.05) is 0 Å². The van der Waals surface area contributed by atoms with E-state index in [9.17, 15) is 0 Å². The second-order valence-corrected chi connectivity index (χ2v) is 3.11. The molecule has 0 aliphatic carbocycles. The molecule has 1 aromatic heterocycles. The summed E-state index contributed by atoms with van der Waals surface area (Å²) in [5.41, 5.74) is 1.04. The van der Waals surface area contributed by atoms with Gasteiger partial charge >= 0.3 is 0 Å². The Balaban J connectivity index is 2.59. The number of oxazole rings is 1. The van der Waals surface area contributed by atoms with Gasteiger partial charge in [-0.1, -0.05) is 25.6 Å². The predicted octanol–water partition coefficient (Wildman–Crippen LogP) is 2.35. The molecule has 0 aromatic carbocycles. The maximum absolute atomic E-state index is 5.15. The van der Waals surface area contributed by atoms with Crippen LogP contribution in [0.1, 0.15) is 19.5 Å². The Bertz CT molecular complexity index is 197. The summed E-state index contributed by atoms with van der Waals surface area (Å²) in [5.74, 6) is 1.02. The first-order valence-corrected chi connectivity index (χ1v) is 4.42. The average molecular weight is 157 g/mol. The molecule has 56 valence electrons. The summed E-state index contributed by atoms with van der Waals surface area (Å²) in [6, 6.07) is 0. The smallest absolute Gasteiger partial charge is 0.255 e. The van der Waals surface area contributed by atoms with Gasteiger partial charge in [0.1, 0.15) is 6.26 Å². The van der Waals surface area contributed by atoms with Gasteiger partial charge in [-0.3, -0.25) is 0 Å². The van der Waals surface area contributed by atoms with Crippen LogP contribution in [-0.2, 0) is 6.42 Å². The van der Waals surface area contributed by atoms with Crippen molar-refractivity contribution >= 4 is 11.8 Å². The summed E-state index contributed by atoms with van der Waals surface area (Å²) < 4.78 is 5.15. The fraction of sp³-hybridized carbons (Fsp3) is 0.571. The second-order valence-electron chi connectivity index (χ2n) is 1.89. The lowest BCUT2D eigenvalue weighted by Crippen LogP contribution is -1.77. The van der Waals surface area contributed by atoms with Crippen molar-refractivity contribution in [3.05, 3.63) is 12.0 Å². The Kier molecular flexibility index (Phi) is 2.81. The van der Waals surface area contributed by atoms with Gasteiger partial charge in [0.25, 0.3) is 5.22 Å². The monoisotopic (exact) mass is 157 g/mol. The van der Waals surface area contributed by atoms with Gasteiger partial charge in [0, 0.05) is 0 Å². The molecule has 0 aliphatic rings. The van der Waals surface area contributed by atoms with Gasteiger partial charge in [-0.25, -0.2) is 4.98 Å². The number of hydrogen-bond acceptors (Lipinski definition) is 3. The van der Waals surface area contributed by atoms with Crippen LogP contribution < -0.4 is 0 Å². The largest absolute Gasteiger partial charge is 0.440 e. The maximum atomic E-state index is 5.15. The normalized spacial score (nSPS) is 10.2. The molecule has 1 rings (SSSR count). The van der Waals surface area contributed by atoms with Crippen molar-refractivity contribution in [2.75, 3.05) is 5.75 Å². The lowest BCUT2D eigenvalue weighted by molar-refractivity contribution is 0.454. The molecule has 0 saturated carbocycles. The van der Waals surface area contributed by atoms with E-state index < -0.39 is 0 Å². The van der Waals surface area contributed by atoms with Crippen LogP contribution in [0.3, 0.4) is 0 Å². The van der Waals surface area contributed by atoms with E-state index in [1.54, 1.807) is 18.0 Å². The van der Waals surface area contributed by atoms with Crippen LogP contribution in [0.25, 0.3) is 0 Å². The third-order valence-corrected chi connectivity index (χ3v) is 1.88. The number of hydrogen-bond donors (Lipinski definition) is 0. The molecule has 0 atom stereocenters. The molecular weight excluding hydrogens is 146 g/mol. The van der Waals surface area contributed by atoms with Gasteiger partial charge < -0.3 is 4.42 Å². The van der Waals surface area contributed by atoms with E-state index in [-0.39, 0.29) is 0 Å². The van der Waals surface area contributed by atoms with E-state index in [4.69, 9.17) is 4.42 Å². The highest BCUT2D eigenvalue weighted by Crippen LogP contribution is 2.15. The fourth-order valence-corrected chi connectivity index (χ4v) is 1.19. The molecule has 1 heterocycles. The standard InChI is InChI=1S/C7H11NOS/c1-3-6-5-9-7(8-6)10-4-2/h5H,3-4H2,1-2H3. The third-order valence-electron chi connectivity index (χ3n) is 1.16. The molecule has 10 heavy (non-hydrogen) atoms. The summed E-state index contributed by atoms with van der Waals surface area (Å²) in [6.45, 7) is 4.15. The van der Waals surface area contributed by atoms with Crippen LogP contribution in [-0.4, -0.2) is 10.7 Å². The molecule has 0 saturated heterocycles. The zero-order valence-electron chi connectivity index (χ0n) is 6.26. The molecule has 1 aromatic rings. The number of aryl methyl sites for hydroxylation is 1. The molecule has 2 nitrogen and oxygen atoms in total. The molecular formula is C7H11NOS. The minimum Gasteiger partial charge on any atom is -0.440 e. The molecule has 0 N–H and O–H groups in total. The van der Waals surface area contributed by atoms with E-state index in [2.05, 4.69) is 18.8 Å². The molecule has 0 spiro atoms. The van der Waals surface area contributed by atoms with E-state index in [0.29, 0.717) is 0 Å². The Morgan fingerprint density at radius 2 is 2.40 bits per heavy atom. The Morgan fingerprint density at radius 1 is 1.60 bits per heavy atom. The van der Waals surface area contributed by atoms with Crippen LogP contribution in [0.4, 0.5) is 0 Å². The quantitative estimate of drug-likeness (QED) is 0.630. The summed E-state index contributed by atoms with van der Waals surface area (Å²) in [4.78, 5) is 4.21. The number of rotatable bonds is 3. The first kappa shape index (κ1) is 7.66. The lowest BCUT2D eigenvalue weighted by atomic mass is 10.4. The van der Waals surface area contributed by atoms with Gasteiger partial charge in [-0.2, -0.15) is 0 Å². The maximum Gasteiger partial charge on any atom is 0.255 e. The minimum atomic E-state index is 0.791. The van der Waals surface area contributed by atoms with Crippen LogP contribution in [0.15, 0.2) is 15.9 Å². The predicted molar refractivity (Wildman–Crippen MR) is 42.3 cm³/mol. The van der Waals surface area contributed by atoms with Gasteiger partial charge in [-0.15, -0.1) is 0 Å². The minimum absolute atomic E-state index is 0.791. The number of thioether (sulfide) groups is 1. The third kappa shape index (κ3) is 1.77. The molecule has 0 amide bonds.